The molecule has 0 radical (unpaired) electrons. The fourth-order valence-corrected chi connectivity index (χ4v) is 5.43. The van der Waals surface area contributed by atoms with E-state index >= 15 is 0 Å². The number of nitrogens with one attached hydrogen (secondary N) is 1. The summed E-state index contributed by atoms with van der Waals surface area (Å²) >= 11 is 5.93. The number of rotatable bonds is 4. The van der Waals surface area contributed by atoms with Crippen molar-refractivity contribution < 1.29 is 19.6 Å². The Balaban J connectivity index is 1.35. The molecule has 1 N–H and O–H groups in total. The van der Waals surface area contributed by atoms with Crippen LogP contribution in [0.25, 0.3) is 0 Å². The highest BCUT2D eigenvalue weighted by molar-refractivity contribution is 6.30. The number of carboxylic acids is 1. The van der Waals surface area contributed by atoms with Gasteiger partial charge in [0.25, 0.3) is 0 Å². The van der Waals surface area contributed by atoms with Gasteiger partial charge >= 0.3 is 0 Å². The molecule has 1 aromatic carbocycles. The molecular formula is C20H25ClN2O3. The molecule has 0 aromatic heterocycles. The van der Waals surface area contributed by atoms with Crippen LogP contribution in [0.4, 0.5) is 0 Å². The number of aliphatic carboxylic acids is 1. The third kappa shape index (κ3) is 3.35. The first-order chi connectivity index (χ1) is 12.5. The van der Waals surface area contributed by atoms with E-state index in [9.17, 15) is 14.7 Å². The number of benzene rings is 1. The summed E-state index contributed by atoms with van der Waals surface area (Å²) in [6.45, 7) is 4.12. The molecule has 1 aromatic rings. The number of carbonyl (C=O) groups is 2. The molecule has 3 aliphatic rings. The van der Waals surface area contributed by atoms with Crippen molar-refractivity contribution in [2.75, 3.05) is 26.2 Å². The van der Waals surface area contributed by atoms with Crippen molar-refractivity contribution in [3.05, 3.63) is 34.9 Å². The van der Waals surface area contributed by atoms with E-state index in [0.29, 0.717) is 13.1 Å². The standard InChI is InChI=1S/C20H25ClN2O3/c21-16-5-1-13(2-6-16)12-22-7-9-23(10-8-22)19(24)17-14-3-4-15(11-14)18(17)20(25)26/h1-2,5-6,14-15,17-18H,3-4,7-12H2,(H,25,26)/t14-,15+,17-,18+/m1/s1. The van der Waals surface area contributed by atoms with Gasteiger partial charge in [-0.05, 0) is 43.2 Å². The molecule has 4 atom stereocenters. The van der Waals surface area contributed by atoms with Gasteiger partial charge in [-0.15, -0.1) is 0 Å². The summed E-state index contributed by atoms with van der Waals surface area (Å²) in [5.74, 6) is -1.50. The summed E-state index contributed by atoms with van der Waals surface area (Å²) in [7, 11) is 0. The number of fused-ring (bicyclic) bond motifs is 2. The topological polar surface area (TPSA) is 64.9 Å². The summed E-state index contributed by atoms with van der Waals surface area (Å²) < 4.78 is 0. The normalized spacial score (nSPS) is 31.3. The molecule has 0 spiro atoms. The second-order valence-corrected chi connectivity index (χ2v) is 8.52. The van der Waals surface area contributed by atoms with Crippen molar-refractivity contribution in [3.8, 4) is 0 Å². The Morgan fingerprint density at radius 3 is 2.31 bits per heavy atom. The van der Waals surface area contributed by atoms with Crippen LogP contribution >= 0.6 is 11.6 Å². The molecule has 1 heterocycles. The third-order valence-corrected chi connectivity index (χ3v) is 6.88. The molecular weight excluding hydrogens is 352 g/mol. The van der Waals surface area contributed by atoms with Gasteiger partial charge in [0.05, 0.1) is 26.2 Å². The number of nitrogens with zero attached hydrogens (tertiary/aromatic N) is 1. The predicted octanol–water partition coefficient (Wildman–Crippen LogP) is -0.0207. The van der Waals surface area contributed by atoms with Crippen LogP contribution in [0.5, 0.6) is 0 Å². The van der Waals surface area contributed by atoms with Crippen molar-refractivity contribution in [2.45, 2.75) is 25.8 Å². The Hall–Kier alpha value is -1.59. The summed E-state index contributed by atoms with van der Waals surface area (Å²) in [6.07, 6.45) is 2.82. The lowest BCUT2D eigenvalue weighted by Gasteiger charge is -2.38. The van der Waals surface area contributed by atoms with E-state index in [4.69, 9.17) is 11.6 Å². The maximum Gasteiger partial charge on any atom is 0.227 e. The number of halogens is 1. The molecule has 140 valence electrons. The zero-order chi connectivity index (χ0) is 18.3. The Bertz CT molecular complexity index is 685. The summed E-state index contributed by atoms with van der Waals surface area (Å²) in [6, 6.07) is 7.91. The summed E-state index contributed by atoms with van der Waals surface area (Å²) in [5.41, 5.74) is 1.24. The molecule has 5 nitrogen and oxygen atoms in total. The number of amides is 1. The van der Waals surface area contributed by atoms with Gasteiger partial charge in [-0.3, -0.25) is 4.79 Å². The number of hydrogen-bond donors (Lipinski definition) is 1. The average Bonchev–Trinajstić information content (AvgIpc) is 3.25. The van der Waals surface area contributed by atoms with Crippen LogP contribution in [0.2, 0.25) is 5.02 Å². The lowest BCUT2D eigenvalue weighted by molar-refractivity contribution is -0.917. The highest BCUT2D eigenvalue weighted by Gasteiger charge is 2.52. The lowest BCUT2D eigenvalue weighted by Crippen LogP contribution is -3.13. The number of hydrogen-bond acceptors (Lipinski definition) is 3. The van der Waals surface area contributed by atoms with Gasteiger partial charge in [0.1, 0.15) is 6.54 Å². The van der Waals surface area contributed by atoms with E-state index in [0.717, 1.165) is 43.9 Å². The van der Waals surface area contributed by atoms with Crippen molar-refractivity contribution in [1.82, 2.24) is 4.90 Å². The summed E-state index contributed by atoms with van der Waals surface area (Å²) in [5, 5.41) is 12.3. The van der Waals surface area contributed by atoms with Crippen molar-refractivity contribution in [3.63, 3.8) is 0 Å². The molecule has 26 heavy (non-hydrogen) atoms. The smallest absolute Gasteiger partial charge is 0.227 e. The minimum atomic E-state index is -1.03. The minimum Gasteiger partial charge on any atom is -0.550 e. The number of piperazine rings is 1. The Kier molecular flexibility index (Phi) is 4.93. The molecule has 2 aliphatic carbocycles. The maximum atomic E-state index is 13.0. The van der Waals surface area contributed by atoms with E-state index in [-0.39, 0.29) is 23.7 Å². The van der Waals surface area contributed by atoms with Crippen LogP contribution in [0.15, 0.2) is 24.3 Å². The van der Waals surface area contributed by atoms with Gasteiger partial charge < -0.3 is 19.7 Å². The van der Waals surface area contributed by atoms with Crippen molar-refractivity contribution >= 4 is 23.5 Å². The molecule has 2 saturated carbocycles. The molecule has 3 fully saturated rings. The van der Waals surface area contributed by atoms with E-state index in [1.807, 2.05) is 29.2 Å². The second kappa shape index (κ2) is 7.20. The van der Waals surface area contributed by atoms with Crippen LogP contribution < -0.4 is 10.0 Å². The minimum absolute atomic E-state index is 0.0527. The van der Waals surface area contributed by atoms with Gasteiger partial charge in [0.2, 0.25) is 5.91 Å². The fraction of sp³-hybridized carbons (Fsp3) is 0.600. The zero-order valence-electron chi connectivity index (χ0n) is 14.8. The fourth-order valence-electron chi connectivity index (χ4n) is 5.31. The van der Waals surface area contributed by atoms with Gasteiger partial charge in [-0.25, -0.2) is 0 Å². The lowest BCUT2D eigenvalue weighted by atomic mass is 9.78. The predicted molar refractivity (Wildman–Crippen MR) is 95.3 cm³/mol. The Morgan fingerprint density at radius 2 is 1.69 bits per heavy atom. The summed E-state index contributed by atoms with van der Waals surface area (Å²) in [4.78, 5) is 27.9. The largest absolute Gasteiger partial charge is 0.550 e. The van der Waals surface area contributed by atoms with Gasteiger partial charge in [-0.2, -0.15) is 0 Å². The van der Waals surface area contributed by atoms with Crippen molar-refractivity contribution in [1.29, 1.82) is 0 Å². The second-order valence-electron chi connectivity index (χ2n) is 8.08. The molecule has 4 rings (SSSR count). The third-order valence-electron chi connectivity index (χ3n) is 6.62. The van der Waals surface area contributed by atoms with Gasteiger partial charge in [0, 0.05) is 28.4 Å². The zero-order valence-corrected chi connectivity index (χ0v) is 15.6. The molecule has 1 amide bonds. The van der Waals surface area contributed by atoms with Crippen LogP contribution in [-0.4, -0.2) is 43.0 Å². The highest BCUT2D eigenvalue weighted by atomic mass is 35.5. The van der Waals surface area contributed by atoms with E-state index in [1.165, 1.54) is 10.5 Å². The van der Waals surface area contributed by atoms with Crippen LogP contribution in [0.3, 0.4) is 0 Å². The Morgan fingerprint density at radius 1 is 1.08 bits per heavy atom. The SMILES string of the molecule is O=C([O-])[C@H]1[C@H]2CC[C@H](C2)[C@H]1C(=O)N1CC[NH+](Cc2ccc(Cl)cc2)CC1. The Labute approximate surface area is 158 Å². The van der Waals surface area contributed by atoms with E-state index < -0.39 is 11.9 Å². The van der Waals surface area contributed by atoms with Crippen LogP contribution in [0, 0.1) is 23.7 Å². The number of carbonyl (C=O) groups excluding carboxylic acids is 2. The van der Waals surface area contributed by atoms with Crippen LogP contribution in [0.1, 0.15) is 24.8 Å². The van der Waals surface area contributed by atoms with Gasteiger partial charge in [0.15, 0.2) is 0 Å². The molecule has 2 bridgehead atoms. The first-order valence-corrected chi connectivity index (χ1v) is 9.98. The van der Waals surface area contributed by atoms with Gasteiger partial charge in [-0.1, -0.05) is 23.7 Å². The molecule has 1 saturated heterocycles. The van der Waals surface area contributed by atoms with E-state index in [1.54, 1.807) is 0 Å². The first kappa shape index (κ1) is 17.8. The number of quaternary nitrogens is 1. The van der Waals surface area contributed by atoms with Crippen molar-refractivity contribution in [2.24, 2.45) is 23.7 Å². The molecule has 1 aliphatic heterocycles. The maximum absolute atomic E-state index is 13.0. The number of carboxylic acid groups (broad SMARTS) is 1. The quantitative estimate of drug-likeness (QED) is 0.803. The average molecular weight is 377 g/mol. The van der Waals surface area contributed by atoms with Crippen LogP contribution in [-0.2, 0) is 16.1 Å². The first-order valence-electron chi connectivity index (χ1n) is 9.60. The monoisotopic (exact) mass is 376 g/mol. The molecule has 0 unspecified atom stereocenters. The molecule has 6 heteroatoms. The van der Waals surface area contributed by atoms with E-state index in [2.05, 4.69) is 0 Å². The highest BCUT2D eigenvalue weighted by Crippen LogP contribution is 2.52.